The van der Waals surface area contributed by atoms with Crippen LogP contribution in [0.3, 0.4) is 0 Å². The van der Waals surface area contributed by atoms with Crippen LogP contribution in [0.15, 0.2) is 40.9 Å². The maximum absolute atomic E-state index is 12.9. The summed E-state index contributed by atoms with van der Waals surface area (Å²) in [6, 6.07) is 0. The van der Waals surface area contributed by atoms with Gasteiger partial charge in [0.25, 0.3) is 0 Å². The summed E-state index contributed by atoms with van der Waals surface area (Å²) < 4.78 is 43.9. The van der Waals surface area contributed by atoms with Crippen molar-refractivity contribution in [2.24, 2.45) is 5.73 Å². The van der Waals surface area contributed by atoms with Crippen molar-refractivity contribution in [3.8, 4) is 0 Å². The minimum absolute atomic E-state index is 0.00396. The van der Waals surface area contributed by atoms with Gasteiger partial charge in [-0.05, 0) is 20.8 Å². The lowest BCUT2D eigenvalue weighted by Crippen LogP contribution is -2.45. The molecule has 0 aromatic carbocycles. The first kappa shape index (κ1) is 32.3. The van der Waals surface area contributed by atoms with Crippen molar-refractivity contribution < 1.29 is 55.1 Å². The van der Waals surface area contributed by atoms with Crippen molar-refractivity contribution in [3.63, 3.8) is 0 Å². The summed E-state index contributed by atoms with van der Waals surface area (Å²) in [6.45, 7) is 2.85. The Balaban J connectivity index is 1.59. The lowest BCUT2D eigenvalue weighted by molar-refractivity contribution is 0.0730. The molecule has 3 N–H and O–H groups in total. The van der Waals surface area contributed by atoms with Gasteiger partial charge in [0.2, 0.25) is 0 Å². The fourth-order valence-corrected chi connectivity index (χ4v) is 3.42. The largest absolute Gasteiger partial charge is 0.519 e. The first-order valence-corrected chi connectivity index (χ1v) is 12.7. The predicted molar refractivity (Wildman–Crippen MR) is 137 cm³/mol. The number of carbonyl (C=O) groups excluding carboxylic acids is 3. The Kier molecular flexibility index (Phi) is 11.4. The van der Waals surface area contributed by atoms with E-state index in [0.29, 0.717) is 0 Å². The lowest BCUT2D eigenvalue weighted by Gasteiger charge is -2.26. The zero-order valence-corrected chi connectivity index (χ0v) is 23.5. The maximum atomic E-state index is 12.9. The van der Waals surface area contributed by atoms with Gasteiger partial charge in [-0.3, -0.25) is 0 Å². The summed E-state index contributed by atoms with van der Waals surface area (Å²) in [6.07, 6.45) is -2.59. The van der Waals surface area contributed by atoms with E-state index in [1.807, 2.05) is 0 Å². The quantitative estimate of drug-likeness (QED) is 0.237. The summed E-state index contributed by atoms with van der Waals surface area (Å²) in [5.74, 6) is -2.36. The van der Waals surface area contributed by atoms with Crippen molar-refractivity contribution in [3.05, 3.63) is 66.4 Å². The Morgan fingerprint density at radius 1 is 0.628 bits per heavy atom. The molecule has 43 heavy (non-hydrogen) atoms. The molecule has 0 saturated carbocycles. The number of nitrogens with one attached hydrogen (secondary N) is 1. The van der Waals surface area contributed by atoms with Gasteiger partial charge in [0.1, 0.15) is 0 Å². The van der Waals surface area contributed by atoms with Gasteiger partial charge in [-0.25, -0.2) is 28.8 Å². The number of carbonyl (C=O) groups is 3. The molecule has 3 aromatic rings. The molecule has 0 aliphatic carbocycles. The SMILES string of the molecule is Cc1oc(=O)oc1COC(=O)NCCN(CCN(CCN)C(=O)OCc1oc(=O)oc1C)C(=O)OCc1oc(=O)oc1C. The number of hydrogen-bond acceptors (Lipinski definition) is 16. The van der Waals surface area contributed by atoms with Crippen molar-refractivity contribution in [1.82, 2.24) is 15.1 Å². The number of nitrogens with zero attached hydrogens (tertiary/aromatic N) is 2. The van der Waals surface area contributed by atoms with Crippen LogP contribution in [0.5, 0.6) is 0 Å². The molecule has 19 nitrogen and oxygen atoms in total. The van der Waals surface area contributed by atoms with E-state index in [4.69, 9.17) is 42.0 Å². The molecular weight excluding hydrogens is 584 g/mol. The number of alkyl carbamates (subject to hydrolysis) is 1. The van der Waals surface area contributed by atoms with Crippen LogP contribution in [0.1, 0.15) is 34.6 Å². The molecule has 0 radical (unpaired) electrons. The van der Waals surface area contributed by atoms with E-state index in [0.717, 1.165) is 4.90 Å². The minimum atomic E-state index is -0.964. The Labute approximate surface area is 241 Å². The highest BCUT2D eigenvalue weighted by molar-refractivity contribution is 5.69. The molecule has 0 atom stereocenters. The van der Waals surface area contributed by atoms with Gasteiger partial charge in [-0.1, -0.05) is 0 Å². The van der Waals surface area contributed by atoms with E-state index < -0.39 is 42.4 Å². The van der Waals surface area contributed by atoms with E-state index in [1.165, 1.54) is 25.7 Å². The molecule has 3 heterocycles. The molecular formula is C24H30N4O15. The van der Waals surface area contributed by atoms with Gasteiger partial charge in [0, 0.05) is 39.3 Å². The number of nitrogens with two attached hydrogens (primary N) is 1. The Morgan fingerprint density at radius 3 is 1.40 bits per heavy atom. The van der Waals surface area contributed by atoms with Crippen LogP contribution in [0.2, 0.25) is 0 Å². The summed E-state index contributed by atoms with van der Waals surface area (Å²) in [5.41, 5.74) is 5.63. The second kappa shape index (κ2) is 15.1. The topological polar surface area (TPSA) is 253 Å². The van der Waals surface area contributed by atoms with Gasteiger partial charge in [0.15, 0.2) is 54.4 Å². The lowest BCUT2D eigenvalue weighted by atomic mass is 10.4. The molecule has 0 aliphatic heterocycles. The van der Waals surface area contributed by atoms with Crippen LogP contribution in [-0.4, -0.2) is 67.3 Å². The van der Waals surface area contributed by atoms with E-state index in [2.05, 4.69) is 9.73 Å². The Morgan fingerprint density at radius 2 is 1.02 bits per heavy atom. The highest BCUT2D eigenvalue weighted by Gasteiger charge is 2.22. The Hall–Kier alpha value is -5.20. The fourth-order valence-electron chi connectivity index (χ4n) is 3.42. The molecule has 0 fully saturated rings. The zero-order valence-electron chi connectivity index (χ0n) is 23.5. The van der Waals surface area contributed by atoms with E-state index in [-0.39, 0.29) is 87.0 Å². The third-order valence-electron chi connectivity index (χ3n) is 5.70. The van der Waals surface area contributed by atoms with Crippen LogP contribution in [0.4, 0.5) is 14.4 Å². The summed E-state index contributed by atoms with van der Waals surface area (Å²) in [7, 11) is 0. The van der Waals surface area contributed by atoms with Crippen LogP contribution in [0, 0.1) is 20.8 Å². The van der Waals surface area contributed by atoms with Crippen LogP contribution < -0.4 is 28.5 Å². The molecule has 0 saturated heterocycles. The smallest absolute Gasteiger partial charge is 0.441 e. The van der Waals surface area contributed by atoms with Crippen LogP contribution >= 0.6 is 0 Å². The molecule has 3 rings (SSSR count). The third kappa shape index (κ3) is 9.69. The fraction of sp³-hybridized carbons (Fsp3) is 0.500. The first-order chi connectivity index (χ1) is 20.5. The summed E-state index contributed by atoms with van der Waals surface area (Å²) >= 11 is 0. The molecule has 19 heteroatoms. The normalized spacial score (nSPS) is 10.8. The number of aryl methyl sites for hydroxylation is 3. The van der Waals surface area contributed by atoms with Crippen molar-refractivity contribution in [1.29, 1.82) is 0 Å². The second-order valence-electron chi connectivity index (χ2n) is 8.68. The van der Waals surface area contributed by atoms with Crippen LogP contribution in [-0.2, 0) is 34.0 Å². The first-order valence-electron chi connectivity index (χ1n) is 12.7. The number of ether oxygens (including phenoxy) is 3. The second-order valence-corrected chi connectivity index (χ2v) is 8.68. The molecule has 236 valence electrons. The third-order valence-corrected chi connectivity index (χ3v) is 5.70. The summed E-state index contributed by atoms with van der Waals surface area (Å²) in [5, 5.41) is 2.43. The average molecular weight is 615 g/mol. The zero-order chi connectivity index (χ0) is 31.5. The molecule has 3 amide bonds. The van der Waals surface area contributed by atoms with E-state index >= 15 is 0 Å². The highest BCUT2D eigenvalue weighted by atomic mass is 16.6. The van der Waals surface area contributed by atoms with Gasteiger partial charge in [-0.2, -0.15) is 0 Å². The van der Waals surface area contributed by atoms with E-state index in [9.17, 15) is 28.8 Å². The van der Waals surface area contributed by atoms with Gasteiger partial charge in [-0.15, -0.1) is 0 Å². The summed E-state index contributed by atoms with van der Waals surface area (Å²) in [4.78, 5) is 73.6. The molecule has 3 aromatic heterocycles. The average Bonchev–Trinajstić information content (AvgIpc) is 3.58. The molecule has 0 unspecified atom stereocenters. The van der Waals surface area contributed by atoms with E-state index in [1.54, 1.807) is 0 Å². The van der Waals surface area contributed by atoms with Crippen molar-refractivity contribution >= 4 is 18.3 Å². The van der Waals surface area contributed by atoms with Crippen molar-refractivity contribution in [2.75, 3.05) is 39.3 Å². The molecule has 0 bridgehead atoms. The highest BCUT2D eigenvalue weighted by Crippen LogP contribution is 2.10. The van der Waals surface area contributed by atoms with Crippen LogP contribution in [0.25, 0.3) is 0 Å². The number of rotatable bonds is 14. The monoisotopic (exact) mass is 614 g/mol. The van der Waals surface area contributed by atoms with Gasteiger partial charge in [0.05, 0.1) is 0 Å². The molecule has 0 spiro atoms. The minimum Gasteiger partial charge on any atom is -0.441 e. The maximum Gasteiger partial charge on any atom is 0.519 e. The van der Waals surface area contributed by atoms with Crippen molar-refractivity contribution in [2.45, 2.75) is 40.6 Å². The molecule has 0 aliphatic rings. The van der Waals surface area contributed by atoms with Gasteiger partial charge < -0.3 is 61.6 Å². The standard InChI is InChI=1S/C24H30N4O15/c1-13-16(41-22(32)38-13)10-35-19(29)26-5-7-28(21(31)37-12-18-15(3)40-24(34)43-18)9-8-27(6-4-25)20(30)36-11-17-14(2)39-23(33)42-17/h4-12,25H2,1-3H3,(H,26,29). The Bertz CT molecular complexity index is 1550. The number of hydrogen-bond donors (Lipinski definition) is 2. The van der Waals surface area contributed by atoms with Gasteiger partial charge >= 0.3 is 35.7 Å². The number of amides is 3. The predicted octanol–water partition coefficient (Wildman–Crippen LogP) is 0.713.